The van der Waals surface area contributed by atoms with Crippen LogP contribution in [0.2, 0.25) is 0 Å². The molecule has 1 aromatic rings. The van der Waals surface area contributed by atoms with E-state index in [1.807, 2.05) is 7.05 Å². The number of hydrogen-bond acceptors (Lipinski definition) is 6. The number of rotatable bonds is 8. The molecule has 0 aliphatic heterocycles. The van der Waals surface area contributed by atoms with Gasteiger partial charge in [-0.3, -0.25) is 0 Å². The van der Waals surface area contributed by atoms with Crippen molar-refractivity contribution in [3.63, 3.8) is 0 Å². The minimum Gasteiger partial charge on any atom is -0.490 e. The molecule has 1 heterocycles. The number of methoxy groups -OCH3 is 2. The second kappa shape index (κ2) is 7.78. The molecule has 0 amide bonds. The lowest BCUT2D eigenvalue weighted by atomic mass is 10.2. The molecular weight excluding hydrogens is 244 g/mol. The maximum absolute atomic E-state index is 5.44. The zero-order valence-electron chi connectivity index (χ0n) is 12.4. The van der Waals surface area contributed by atoms with Crippen molar-refractivity contribution in [2.75, 3.05) is 51.2 Å². The van der Waals surface area contributed by atoms with Crippen molar-refractivity contribution in [3.8, 4) is 5.75 Å². The number of aromatic nitrogens is 2. The standard InChI is InChI=1S/C13H24N4O2/c1-10(2)8-17(6-7-18-4)13-11(19-5)12(14-3)15-9-16-13/h9-10H,6-8H2,1-5H3,(H,14,15,16). The Morgan fingerprint density at radius 1 is 1.32 bits per heavy atom. The Morgan fingerprint density at radius 2 is 2.05 bits per heavy atom. The fourth-order valence-corrected chi connectivity index (χ4v) is 1.88. The van der Waals surface area contributed by atoms with Crippen molar-refractivity contribution in [2.45, 2.75) is 13.8 Å². The van der Waals surface area contributed by atoms with E-state index in [4.69, 9.17) is 9.47 Å². The van der Waals surface area contributed by atoms with Gasteiger partial charge >= 0.3 is 0 Å². The lowest BCUT2D eigenvalue weighted by Gasteiger charge is -2.27. The van der Waals surface area contributed by atoms with Crippen molar-refractivity contribution in [1.82, 2.24) is 9.97 Å². The van der Waals surface area contributed by atoms with Crippen molar-refractivity contribution >= 4 is 11.6 Å². The van der Waals surface area contributed by atoms with Gasteiger partial charge in [0.2, 0.25) is 5.75 Å². The average Bonchev–Trinajstić information content (AvgIpc) is 2.41. The van der Waals surface area contributed by atoms with E-state index in [0.29, 0.717) is 24.1 Å². The third-order valence-electron chi connectivity index (χ3n) is 2.68. The molecule has 0 bridgehead atoms. The topological polar surface area (TPSA) is 59.5 Å². The highest BCUT2D eigenvalue weighted by Gasteiger charge is 2.18. The van der Waals surface area contributed by atoms with Gasteiger partial charge in [-0.05, 0) is 5.92 Å². The van der Waals surface area contributed by atoms with Gasteiger partial charge in [-0.15, -0.1) is 0 Å². The number of hydrogen-bond donors (Lipinski definition) is 1. The van der Waals surface area contributed by atoms with Gasteiger partial charge in [0.15, 0.2) is 11.6 Å². The molecule has 0 radical (unpaired) electrons. The summed E-state index contributed by atoms with van der Waals surface area (Å²) in [6.45, 7) is 6.65. The lowest BCUT2D eigenvalue weighted by Crippen LogP contribution is -2.32. The van der Waals surface area contributed by atoms with Crippen LogP contribution < -0.4 is 15.0 Å². The van der Waals surface area contributed by atoms with Crippen LogP contribution in [-0.2, 0) is 4.74 Å². The predicted octanol–water partition coefficient (Wildman–Crippen LogP) is 1.64. The number of anilines is 2. The first kappa shape index (κ1) is 15.5. The summed E-state index contributed by atoms with van der Waals surface area (Å²) in [6, 6.07) is 0. The summed E-state index contributed by atoms with van der Waals surface area (Å²) in [6.07, 6.45) is 1.55. The van der Waals surface area contributed by atoms with Crippen LogP contribution in [0.4, 0.5) is 11.6 Å². The van der Waals surface area contributed by atoms with E-state index >= 15 is 0 Å². The molecule has 0 atom stereocenters. The minimum atomic E-state index is 0.523. The molecule has 0 aliphatic carbocycles. The Kier molecular flexibility index (Phi) is 6.35. The summed E-state index contributed by atoms with van der Waals surface area (Å²) < 4.78 is 10.6. The first-order chi connectivity index (χ1) is 9.13. The largest absolute Gasteiger partial charge is 0.490 e. The summed E-state index contributed by atoms with van der Waals surface area (Å²) in [5.41, 5.74) is 0. The molecule has 6 heteroatoms. The molecule has 0 saturated carbocycles. The van der Waals surface area contributed by atoms with Crippen molar-refractivity contribution in [1.29, 1.82) is 0 Å². The van der Waals surface area contributed by atoms with Gasteiger partial charge in [0.1, 0.15) is 6.33 Å². The van der Waals surface area contributed by atoms with Crippen LogP contribution in [0.5, 0.6) is 5.75 Å². The van der Waals surface area contributed by atoms with Crippen LogP contribution in [0, 0.1) is 5.92 Å². The first-order valence-electron chi connectivity index (χ1n) is 6.44. The molecule has 1 N–H and O–H groups in total. The molecule has 0 spiro atoms. The van der Waals surface area contributed by atoms with E-state index in [0.717, 1.165) is 18.9 Å². The Labute approximate surface area is 115 Å². The molecule has 0 unspecified atom stereocenters. The van der Waals surface area contributed by atoms with Crippen molar-refractivity contribution < 1.29 is 9.47 Å². The van der Waals surface area contributed by atoms with Crippen LogP contribution in [-0.4, -0.2) is 50.9 Å². The highest BCUT2D eigenvalue weighted by molar-refractivity contribution is 5.64. The van der Waals surface area contributed by atoms with Gasteiger partial charge in [-0.25, -0.2) is 9.97 Å². The smallest absolute Gasteiger partial charge is 0.204 e. The van der Waals surface area contributed by atoms with Gasteiger partial charge in [-0.2, -0.15) is 0 Å². The summed E-state index contributed by atoms with van der Waals surface area (Å²) in [5, 5.41) is 3.02. The summed E-state index contributed by atoms with van der Waals surface area (Å²) in [5.74, 6) is 2.68. The average molecular weight is 268 g/mol. The predicted molar refractivity (Wildman–Crippen MR) is 77.1 cm³/mol. The number of nitrogens with zero attached hydrogens (tertiary/aromatic N) is 3. The molecule has 0 aliphatic rings. The highest BCUT2D eigenvalue weighted by Crippen LogP contribution is 2.31. The van der Waals surface area contributed by atoms with Gasteiger partial charge in [0.05, 0.1) is 13.7 Å². The molecule has 0 aromatic carbocycles. The molecule has 108 valence electrons. The molecular formula is C13H24N4O2. The highest BCUT2D eigenvalue weighted by atomic mass is 16.5. The third-order valence-corrected chi connectivity index (χ3v) is 2.68. The molecule has 6 nitrogen and oxygen atoms in total. The van der Waals surface area contributed by atoms with E-state index in [1.165, 1.54) is 0 Å². The fraction of sp³-hybridized carbons (Fsp3) is 0.692. The normalized spacial score (nSPS) is 10.6. The minimum absolute atomic E-state index is 0.523. The van der Waals surface area contributed by atoms with Crippen LogP contribution in [0.3, 0.4) is 0 Å². The van der Waals surface area contributed by atoms with Crippen molar-refractivity contribution in [2.24, 2.45) is 5.92 Å². The van der Waals surface area contributed by atoms with E-state index < -0.39 is 0 Å². The second-order valence-electron chi connectivity index (χ2n) is 4.66. The maximum Gasteiger partial charge on any atom is 0.204 e. The van der Waals surface area contributed by atoms with E-state index in [9.17, 15) is 0 Å². The summed E-state index contributed by atoms with van der Waals surface area (Å²) in [7, 11) is 5.15. The van der Waals surface area contributed by atoms with Crippen LogP contribution in [0.1, 0.15) is 13.8 Å². The van der Waals surface area contributed by atoms with Gasteiger partial charge in [-0.1, -0.05) is 13.8 Å². The Hall–Kier alpha value is -1.56. The van der Waals surface area contributed by atoms with E-state index in [-0.39, 0.29) is 0 Å². The maximum atomic E-state index is 5.44. The zero-order chi connectivity index (χ0) is 14.3. The Balaban J connectivity index is 3.05. The Bertz CT molecular complexity index is 385. The quantitative estimate of drug-likeness (QED) is 0.773. The van der Waals surface area contributed by atoms with Crippen LogP contribution >= 0.6 is 0 Å². The SMILES string of the molecule is CNc1ncnc(N(CCOC)CC(C)C)c1OC. The van der Waals surface area contributed by atoms with Gasteiger partial charge < -0.3 is 19.7 Å². The summed E-state index contributed by atoms with van der Waals surface area (Å²) in [4.78, 5) is 10.7. The van der Waals surface area contributed by atoms with E-state index in [1.54, 1.807) is 20.5 Å². The van der Waals surface area contributed by atoms with Crippen LogP contribution in [0.25, 0.3) is 0 Å². The molecule has 0 fully saturated rings. The fourth-order valence-electron chi connectivity index (χ4n) is 1.88. The third kappa shape index (κ3) is 4.24. The summed E-state index contributed by atoms with van der Waals surface area (Å²) >= 11 is 0. The number of ether oxygens (including phenoxy) is 2. The molecule has 1 aromatic heterocycles. The van der Waals surface area contributed by atoms with Crippen LogP contribution in [0.15, 0.2) is 6.33 Å². The zero-order valence-corrected chi connectivity index (χ0v) is 12.4. The Morgan fingerprint density at radius 3 is 2.58 bits per heavy atom. The second-order valence-corrected chi connectivity index (χ2v) is 4.66. The van der Waals surface area contributed by atoms with Gasteiger partial charge in [0, 0.05) is 27.2 Å². The van der Waals surface area contributed by atoms with E-state index in [2.05, 4.69) is 34.0 Å². The number of nitrogens with one attached hydrogen (secondary N) is 1. The lowest BCUT2D eigenvalue weighted by molar-refractivity contribution is 0.204. The molecule has 1 rings (SSSR count). The molecule has 19 heavy (non-hydrogen) atoms. The monoisotopic (exact) mass is 268 g/mol. The first-order valence-corrected chi connectivity index (χ1v) is 6.44. The van der Waals surface area contributed by atoms with Crippen molar-refractivity contribution in [3.05, 3.63) is 6.33 Å². The molecule has 0 saturated heterocycles. The van der Waals surface area contributed by atoms with Gasteiger partial charge in [0.25, 0.3) is 0 Å².